The minimum atomic E-state index is -2.92. The minimum Gasteiger partial charge on any atom is -0.465 e. The first-order valence-electron chi connectivity index (χ1n) is 7.36. The third-order valence-corrected chi connectivity index (χ3v) is 3.46. The second-order valence-electron chi connectivity index (χ2n) is 5.24. The molecule has 0 aliphatic rings. The van der Waals surface area contributed by atoms with Crippen molar-refractivity contribution in [3.63, 3.8) is 0 Å². The first kappa shape index (κ1) is 18.4. The van der Waals surface area contributed by atoms with Crippen LogP contribution in [0.1, 0.15) is 27.4 Å². The van der Waals surface area contributed by atoms with E-state index in [1.54, 1.807) is 20.8 Å². The molecule has 1 heterocycles. The number of aryl methyl sites for hydroxylation is 2. The molecule has 2 aromatic rings. The molecule has 0 aliphatic heterocycles. The zero-order chi connectivity index (χ0) is 18.6. The second kappa shape index (κ2) is 7.78. The van der Waals surface area contributed by atoms with Crippen molar-refractivity contribution in [1.29, 1.82) is 0 Å². The van der Waals surface area contributed by atoms with E-state index in [1.807, 2.05) is 0 Å². The number of nitrogens with one attached hydrogen (secondary N) is 1. The van der Waals surface area contributed by atoms with Crippen LogP contribution in [0, 0.1) is 20.8 Å². The lowest BCUT2D eigenvalue weighted by molar-refractivity contribution is -0.119. The number of halogens is 2. The number of benzene rings is 1. The fraction of sp³-hybridized carbons (Fsp3) is 0.294. The van der Waals surface area contributed by atoms with Crippen LogP contribution in [0.2, 0.25) is 0 Å². The van der Waals surface area contributed by atoms with Crippen LogP contribution < -0.4 is 10.1 Å². The molecule has 0 radical (unpaired) electrons. The van der Waals surface area contributed by atoms with Gasteiger partial charge in [0.2, 0.25) is 0 Å². The van der Waals surface area contributed by atoms with Gasteiger partial charge >= 0.3 is 12.6 Å². The SMILES string of the molecule is Cc1oc(C)c(C(=O)OCC(=O)Nc2ccc(OC(F)F)cc2)c1C. The lowest BCUT2D eigenvalue weighted by atomic mass is 10.1. The van der Waals surface area contributed by atoms with E-state index in [4.69, 9.17) is 9.15 Å². The van der Waals surface area contributed by atoms with E-state index in [0.29, 0.717) is 28.3 Å². The Hall–Kier alpha value is -2.90. The molecular weight excluding hydrogens is 336 g/mol. The van der Waals surface area contributed by atoms with Gasteiger partial charge in [-0.15, -0.1) is 0 Å². The summed E-state index contributed by atoms with van der Waals surface area (Å²) in [6.45, 7) is 1.69. The number of alkyl halides is 2. The van der Waals surface area contributed by atoms with Crippen molar-refractivity contribution in [3.8, 4) is 5.75 Å². The minimum absolute atomic E-state index is 0.0271. The lowest BCUT2D eigenvalue weighted by Crippen LogP contribution is -2.21. The van der Waals surface area contributed by atoms with Crippen LogP contribution in [0.5, 0.6) is 5.75 Å². The van der Waals surface area contributed by atoms with Crippen LogP contribution in [-0.2, 0) is 9.53 Å². The van der Waals surface area contributed by atoms with Crippen LogP contribution in [0.15, 0.2) is 28.7 Å². The molecule has 25 heavy (non-hydrogen) atoms. The van der Waals surface area contributed by atoms with E-state index in [-0.39, 0.29) is 5.75 Å². The van der Waals surface area contributed by atoms with Gasteiger partial charge in [0.05, 0.1) is 0 Å². The molecule has 134 valence electrons. The number of hydrogen-bond acceptors (Lipinski definition) is 5. The van der Waals surface area contributed by atoms with E-state index in [1.165, 1.54) is 24.3 Å². The van der Waals surface area contributed by atoms with Gasteiger partial charge in [0.25, 0.3) is 5.91 Å². The molecule has 0 fully saturated rings. The van der Waals surface area contributed by atoms with Crippen LogP contribution >= 0.6 is 0 Å². The topological polar surface area (TPSA) is 77.8 Å². The highest BCUT2D eigenvalue weighted by Gasteiger charge is 2.20. The Morgan fingerprint density at radius 2 is 1.76 bits per heavy atom. The van der Waals surface area contributed by atoms with E-state index < -0.39 is 25.1 Å². The summed E-state index contributed by atoms with van der Waals surface area (Å²) in [5, 5.41) is 2.48. The van der Waals surface area contributed by atoms with Gasteiger partial charge in [0.1, 0.15) is 22.8 Å². The number of hydrogen-bond donors (Lipinski definition) is 1. The molecule has 0 saturated carbocycles. The first-order chi connectivity index (χ1) is 11.8. The molecule has 0 atom stereocenters. The fourth-order valence-corrected chi connectivity index (χ4v) is 2.21. The molecule has 0 unspecified atom stereocenters. The summed E-state index contributed by atoms with van der Waals surface area (Å²) in [5.74, 6) is -0.204. The average Bonchev–Trinajstić information content (AvgIpc) is 2.79. The highest BCUT2D eigenvalue weighted by molar-refractivity contribution is 5.96. The summed E-state index contributed by atoms with van der Waals surface area (Å²) >= 11 is 0. The van der Waals surface area contributed by atoms with Crippen LogP contribution in [-0.4, -0.2) is 25.1 Å². The molecule has 1 aromatic carbocycles. The maximum atomic E-state index is 12.1. The van der Waals surface area contributed by atoms with Crippen molar-refractivity contribution in [2.45, 2.75) is 27.4 Å². The van der Waals surface area contributed by atoms with Crippen molar-refractivity contribution < 1.29 is 32.3 Å². The van der Waals surface area contributed by atoms with Crippen molar-refractivity contribution in [2.75, 3.05) is 11.9 Å². The zero-order valence-electron chi connectivity index (χ0n) is 13.9. The van der Waals surface area contributed by atoms with Crippen molar-refractivity contribution in [1.82, 2.24) is 0 Å². The van der Waals surface area contributed by atoms with E-state index in [0.717, 1.165) is 0 Å². The van der Waals surface area contributed by atoms with Crippen LogP contribution in [0.3, 0.4) is 0 Å². The number of carbonyl (C=O) groups excluding carboxylic acids is 2. The van der Waals surface area contributed by atoms with Gasteiger partial charge < -0.3 is 19.2 Å². The van der Waals surface area contributed by atoms with Crippen molar-refractivity contribution >= 4 is 17.6 Å². The fourth-order valence-electron chi connectivity index (χ4n) is 2.21. The molecule has 2 rings (SSSR count). The van der Waals surface area contributed by atoms with Gasteiger partial charge in [-0.05, 0) is 45.0 Å². The molecule has 0 bridgehead atoms. The number of rotatable bonds is 6. The van der Waals surface area contributed by atoms with Gasteiger partial charge in [0, 0.05) is 11.3 Å². The molecule has 8 heteroatoms. The number of ether oxygens (including phenoxy) is 2. The number of furan rings is 1. The Morgan fingerprint density at radius 1 is 1.12 bits per heavy atom. The quantitative estimate of drug-likeness (QED) is 0.803. The molecule has 1 amide bonds. The molecule has 0 saturated heterocycles. The summed E-state index contributed by atoms with van der Waals surface area (Å²) in [6.07, 6.45) is 0. The normalized spacial score (nSPS) is 10.6. The highest BCUT2D eigenvalue weighted by Crippen LogP contribution is 2.21. The number of anilines is 1. The standard InChI is InChI=1S/C17H17F2NO5/c1-9-10(2)24-11(3)15(9)16(22)23-8-14(21)20-12-4-6-13(7-5-12)25-17(18)19/h4-7,17H,8H2,1-3H3,(H,20,21). The van der Waals surface area contributed by atoms with Gasteiger partial charge in [-0.3, -0.25) is 4.79 Å². The van der Waals surface area contributed by atoms with Crippen molar-refractivity contribution in [3.05, 3.63) is 46.9 Å². The predicted molar refractivity (Wildman–Crippen MR) is 84.9 cm³/mol. The third kappa shape index (κ3) is 4.79. The third-order valence-electron chi connectivity index (χ3n) is 3.46. The first-order valence-corrected chi connectivity index (χ1v) is 7.36. The summed E-state index contributed by atoms with van der Waals surface area (Å²) in [6, 6.07) is 5.36. The number of esters is 1. The largest absolute Gasteiger partial charge is 0.465 e. The Bertz CT molecular complexity index is 768. The Balaban J connectivity index is 1.89. The summed E-state index contributed by atoms with van der Waals surface area (Å²) in [7, 11) is 0. The lowest BCUT2D eigenvalue weighted by Gasteiger charge is -2.08. The Morgan fingerprint density at radius 3 is 2.28 bits per heavy atom. The van der Waals surface area contributed by atoms with Gasteiger partial charge in [0.15, 0.2) is 6.61 Å². The monoisotopic (exact) mass is 353 g/mol. The summed E-state index contributed by atoms with van der Waals surface area (Å²) in [4.78, 5) is 23.9. The highest BCUT2D eigenvalue weighted by atomic mass is 19.3. The van der Waals surface area contributed by atoms with Gasteiger partial charge in [-0.25, -0.2) is 4.79 Å². The smallest absolute Gasteiger partial charge is 0.387 e. The molecule has 1 aromatic heterocycles. The average molecular weight is 353 g/mol. The zero-order valence-corrected chi connectivity index (χ0v) is 13.9. The number of carbonyl (C=O) groups is 2. The second-order valence-corrected chi connectivity index (χ2v) is 5.24. The van der Waals surface area contributed by atoms with Gasteiger partial charge in [-0.1, -0.05) is 0 Å². The summed E-state index contributed by atoms with van der Waals surface area (Å²) in [5.41, 5.74) is 1.32. The van der Waals surface area contributed by atoms with Crippen molar-refractivity contribution in [2.24, 2.45) is 0 Å². The molecular formula is C17H17F2NO5. The predicted octanol–water partition coefficient (Wildman–Crippen LogP) is 3.60. The molecule has 6 nitrogen and oxygen atoms in total. The number of amides is 1. The summed E-state index contributed by atoms with van der Waals surface area (Å²) < 4.78 is 38.6. The maximum Gasteiger partial charge on any atom is 0.387 e. The molecule has 1 N–H and O–H groups in total. The van der Waals surface area contributed by atoms with E-state index in [9.17, 15) is 18.4 Å². The molecule has 0 spiro atoms. The Kier molecular flexibility index (Phi) is 5.74. The maximum absolute atomic E-state index is 12.1. The van der Waals surface area contributed by atoms with E-state index in [2.05, 4.69) is 10.1 Å². The molecule has 0 aliphatic carbocycles. The Labute approximate surface area is 142 Å². The van der Waals surface area contributed by atoms with Crippen LogP contribution in [0.4, 0.5) is 14.5 Å². The van der Waals surface area contributed by atoms with Gasteiger partial charge in [-0.2, -0.15) is 8.78 Å². The van der Waals surface area contributed by atoms with Crippen LogP contribution in [0.25, 0.3) is 0 Å². The van der Waals surface area contributed by atoms with E-state index >= 15 is 0 Å².